The number of hydrogen-bond acceptors (Lipinski definition) is 3. The fraction of sp³-hybridized carbons (Fsp3) is 0.625. The largest absolute Gasteiger partial charge is 0.302 e. The van der Waals surface area contributed by atoms with Crippen LogP contribution in [0.3, 0.4) is 0 Å². The maximum absolute atomic E-state index is 5.92. The first-order valence-corrected chi connectivity index (χ1v) is 7.30. The van der Waals surface area contributed by atoms with Crippen molar-refractivity contribution >= 4 is 0 Å². The van der Waals surface area contributed by atoms with E-state index < -0.39 is 0 Å². The molecular formula is C16H27N3. The fourth-order valence-corrected chi connectivity index (χ4v) is 3.48. The summed E-state index contributed by atoms with van der Waals surface area (Å²) in [5.74, 6) is 5.92. The summed E-state index contributed by atoms with van der Waals surface area (Å²) >= 11 is 0. The maximum Gasteiger partial charge on any atom is 0.0643 e. The molecular weight excluding hydrogens is 234 g/mol. The molecule has 0 saturated heterocycles. The Hall–Kier alpha value is -0.900. The van der Waals surface area contributed by atoms with Crippen molar-refractivity contribution in [3.63, 3.8) is 0 Å². The summed E-state index contributed by atoms with van der Waals surface area (Å²) < 4.78 is 0. The number of benzene rings is 1. The van der Waals surface area contributed by atoms with Crippen LogP contribution in [0.15, 0.2) is 24.3 Å². The minimum absolute atomic E-state index is 0.141. The first kappa shape index (κ1) is 14.5. The van der Waals surface area contributed by atoms with Gasteiger partial charge in [-0.25, -0.2) is 0 Å². The molecule has 0 aromatic heterocycles. The average molecular weight is 261 g/mol. The maximum atomic E-state index is 5.92. The summed E-state index contributed by atoms with van der Waals surface area (Å²) in [4.78, 5) is 2.37. The minimum Gasteiger partial charge on any atom is -0.302 e. The van der Waals surface area contributed by atoms with Gasteiger partial charge in [0, 0.05) is 5.54 Å². The van der Waals surface area contributed by atoms with Crippen LogP contribution in [-0.4, -0.2) is 24.5 Å². The predicted molar refractivity (Wildman–Crippen MR) is 80.7 cm³/mol. The van der Waals surface area contributed by atoms with E-state index in [0.717, 1.165) is 0 Å². The molecule has 1 aromatic carbocycles. The van der Waals surface area contributed by atoms with Crippen LogP contribution in [0, 0.1) is 6.92 Å². The van der Waals surface area contributed by atoms with Gasteiger partial charge in [0.15, 0.2) is 0 Å². The van der Waals surface area contributed by atoms with Gasteiger partial charge < -0.3 is 4.90 Å². The Balaban J connectivity index is 2.34. The first-order chi connectivity index (χ1) is 9.10. The highest BCUT2D eigenvalue weighted by atomic mass is 15.3. The van der Waals surface area contributed by atoms with Gasteiger partial charge in [-0.3, -0.25) is 11.3 Å². The molecule has 1 fully saturated rings. The zero-order valence-electron chi connectivity index (χ0n) is 12.4. The highest BCUT2D eigenvalue weighted by molar-refractivity contribution is 5.27. The monoisotopic (exact) mass is 261 g/mol. The normalized spacial score (nSPS) is 20.5. The fourth-order valence-electron chi connectivity index (χ4n) is 3.48. The summed E-state index contributed by atoms with van der Waals surface area (Å²) in [7, 11) is 4.37. The smallest absolute Gasteiger partial charge is 0.0643 e. The number of aryl methyl sites for hydroxylation is 1. The molecule has 106 valence electrons. The Morgan fingerprint density at radius 3 is 2.16 bits per heavy atom. The summed E-state index contributed by atoms with van der Waals surface area (Å²) in [5, 5.41) is 0. The molecule has 3 N–H and O–H groups in total. The summed E-state index contributed by atoms with van der Waals surface area (Å²) in [6, 6.07) is 8.96. The summed E-state index contributed by atoms with van der Waals surface area (Å²) in [5.41, 5.74) is 5.82. The first-order valence-electron chi connectivity index (χ1n) is 7.30. The van der Waals surface area contributed by atoms with Gasteiger partial charge in [0.05, 0.1) is 6.04 Å². The number of rotatable bonds is 4. The van der Waals surface area contributed by atoms with Gasteiger partial charge in [-0.2, -0.15) is 0 Å². The quantitative estimate of drug-likeness (QED) is 0.647. The van der Waals surface area contributed by atoms with Gasteiger partial charge >= 0.3 is 0 Å². The third-order valence-corrected chi connectivity index (χ3v) is 4.72. The second-order valence-corrected chi connectivity index (χ2v) is 6.07. The van der Waals surface area contributed by atoms with E-state index in [0.29, 0.717) is 0 Å². The van der Waals surface area contributed by atoms with E-state index in [-0.39, 0.29) is 11.6 Å². The van der Waals surface area contributed by atoms with Crippen LogP contribution in [0.2, 0.25) is 0 Å². The molecule has 19 heavy (non-hydrogen) atoms. The molecule has 1 aromatic rings. The number of nitrogens with one attached hydrogen (secondary N) is 1. The molecule has 0 bridgehead atoms. The zero-order valence-corrected chi connectivity index (χ0v) is 12.4. The molecule has 0 spiro atoms. The van der Waals surface area contributed by atoms with Gasteiger partial charge in [-0.15, -0.1) is 0 Å². The molecule has 0 heterocycles. The van der Waals surface area contributed by atoms with Gasteiger partial charge in [-0.1, -0.05) is 49.1 Å². The summed E-state index contributed by atoms with van der Waals surface area (Å²) in [6.07, 6.45) is 6.36. The number of hydrazine groups is 1. The van der Waals surface area contributed by atoms with Crippen molar-refractivity contribution in [1.82, 2.24) is 10.3 Å². The highest BCUT2D eigenvalue weighted by Crippen LogP contribution is 2.41. The number of hydrogen-bond donors (Lipinski definition) is 2. The standard InChI is InChI=1S/C16H27N3/c1-13-7-9-14(10-8-13)15(18-17)16(19(2)3)11-5-4-6-12-16/h7-10,15,18H,4-6,11-12,17H2,1-3H3. The second-order valence-electron chi connectivity index (χ2n) is 6.07. The van der Waals surface area contributed by atoms with Crippen LogP contribution >= 0.6 is 0 Å². The molecule has 0 radical (unpaired) electrons. The van der Waals surface area contributed by atoms with Crippen LogP contribution in [0.25, 0.3) is 0 Å². The van der Waals surface area contributed by atoms with Crippen LogP contribution in [0.4, 0.5) is 0 Å². The van der Waals surface area contributed by atoms with E-state index in [9.17, 15) is 0 Å². The van der Waals surface area contributed by atoms with E-state index >= 15 is 0 Å². The molecule has 0 aliphatic heterocycles. The Bertz CT molecular complexity index is 391. The molecule has 1 unspecified atom stereocenters. The molecule has 1 aliphatic rings. The average Bonchev–Trinajstić information content (AvgIpc) is 2.42. The van der Waals surface area contributed by atoms with Crippen molar-refractivity contribution < 1.29 is 0 Å². The summed E-state index contributed by atoms with van der Waals surface area (Å²) in [6.45, 7) is 2.12. The topological polar surface area (TPSA) is 41.3 Å². The van der Waals surface area contributed by atoms with E-state index in [2.05, 4.69) is 55.6 Å². The van der Waals surface area contributed by atoms with Crippen LogP contribution in [0.1, 0.15) is 49.3 Å². The van der Waals surface area contributed by atoms with Crippen LogP contribution in [-0.2, 0) is 0 Å². The minimum atomic E-state index is 0.141. The number of nitrogens with two attached hydrogens (primary N) is 1. The lowest BCUT2D eigenvalue weighted by Crippen LogP contribution is -2.56. The predicted octanol–water partition coefficient (Wildman–Crippen LogP) is 2.76. The van der Waals surface area contributed by atoms with E-state index in [1.165, 1.54) is 43.2 Å². The van der Waals surface area contributed by atoms with E-state index in [1.54, 1.807) is 0 Å². The Kier molecular flexibility index (Phi) is 4.61. The molecule has 3 heteroatoms. The van der Waals surface area contributed by atoms with Crippen molar-refractivity contribution in [2.45, 2.75) is 50.6 Å². The molecule has 1 saturated carbocycles. The van der Waals surface area contributed by atoms with Crippen molar-refractivity contribution in [3.05, 3.63) is 35.4 Å². The lowest BCUT2D eigenvalue weighted by Gasteiger charge is -2.48. The lowest BCUT2D eigenvalue weighted by atomic mass is 9.73. The van der Waals surface area contributed by atoms with Crippen molar-refractivity contribution in [1.29, 1.82) is 0 Å². The van der Waals surface area contributed by atoms with E-state index in [4.69, 9.17) is 5.84 Å². The third kappa shape index (κ3) is 2.83. The second kappa shape index (κ2) is 6.04. The number of nitrogens with zero attached hydrogens (tertiary/aromatic N) is 1. The highest BCUT2D eigenvalue weighted by Gasteiger charge is 2.41. The molecule has 0 amide bonds. The molecule has 3 nitrogen and oxygen atoms in total. The Morgan fingerprint density at radius 2 is 1.68 bits per heavy atom. The van der Waals surface area contributed by atoms with Crippen molar-refractivity contribution in [3.8, 4) is 0 Å². The molecule has 2 rings (SSSR count). The van der Waals surface area contributed by atoms with Gasteiger partial charge in [-0.05, 0) is 39.4 Å². The van der Waals surface area contributed by atoms with Crippen LogP contribution in [0.5, 0.6) is 0 Å². The van der Waals surface area contributed by atoms with E-state index in [1.807, 2.05) is 0 Å². The van der Waals surface area contributed by atoms with Crippen molar-refractivity contribution in [2.24, 2.45) is 5.84 Å². The molecule has 1 atom stereocenters. The molecule has 1 aliphatic carbocycles. The van der Waals surface area contributed by atoms with Gasteiger partial charge in [0.1, 0.15) is 0 Å². The Morgan fingerprint density at radius 1 is 1.11 bits per heavy atom. The SMILES string of the molecule is Cc1ccc(C(NN)C2(N(C)C)CCCCC2)cc1. The van der Waals surface area contributed by atoms with Gasteiger partial charge in [0.2, 0.25) is 0 Å². The van der Waals surface area contributed by atoms with Crippen molar-refractivity contribution in [2.75, 3.05) is 14.1 Å². The third-order valence-electron chi connectivity index (χ3n) is 4.72. The lowest BCUT2D eigenvalue weighted by molar-refractivity contribution is 0.0564. The Labute approximate surface area is 117 Å². The van der Waals surface area contributed by atoms with Gasteiger partial charge in [0.25, 0.3) is 0 Å². The number of likely N-dealkylation sites (N-methyl/N-ethyl adjacent to an activating group) is 1. The zero-order chi connectivity index (χ0) is 13.9. The van der Waals surface area contributed by atoms with Crippen LogP contribution < -0.4 is 11.3 Å².